The predicted octanol–water partition coefficient (Wildman–Crippen LogP) is 7.97. The van der Waals surface area contributed by atoms with E-state index in [0.29, 0.717) is 5.71 Å². The summed E-state index contributed by atoms with van der Waals surface area (Å²) >= 11 is 0. The third-order valence-electron chi connectivity index (χ3n) is 6.58. The Bertz CT molecular complexity index is 1350. The van der Waals surface area contributed by atoms with E-state index in [1.54, 1.807) is 9.80 Å². The largest absolute Gasteiger partial charge is 0.387 e. The third kappa shape index (κ3) is 7.54. The molecule has 0 aliphatic carbocycles. The van der Waals surface area contributed by atoms with E-state index in [9.17, 15) is 0 Å². The van der Waals surface area contributed by atoms with Crippen LogP contribution in [0.25, 0.3) is 0 Å². The number of aliphatic imine (C=N–C) groups is 2. The first-order valence-corrected chi connectivity index (χ1v) is 13.5. The fourth-order valence-electron chi connectivity index (χ4n) is 4.32. The van der Waals surface area contributed by atoms with Gasteiger partial charge in [0.1, 0.15) is 5.84 Å². The highest BCUT2D eigenvalue weighted by Gasteiger charge is 2.17. The number of amidine groups is 1. The zero-order valence-corrected chi connectivity index (χ0v) is 24.3. The van der Waals surface area contributed by atoms with Crippen molar-refractivity contribution in [1.82, 2.24) is 0 Å². The van der Waals surface area contributed by atoms with E-state index in [1.165, 1.54) is 0 Å². The molecule has 0 amide bonds. The number of guanidine groups is 2. The second-order valence-electron chi connectivity index (χ2n) is 10.3. The van der Waals surface area contributed by atoms with Crippen molar-refractivity contribution in [3.05, 3.63) is 119 Å². The molecule has 7 nitrogen and oxygen atoms in total. The number of hydrogen-bond acceptors (Lipinski definition) is 2. The van der Waals surface area contributed by atoms with Gasteiger partial charge in [-0.25, -0.2) is 4.99 Å². The summed E-state index contributed by atoms with van der Waals surface area (Å²) in [5.74, 6) is 0.309. The van der Waals surface area contributed by atoms with Crippen LogP contribution >= 0.6 is 0 Å². The minimum absolute atomic E-state index is 0.000907. The first-order chi connectivity index (χ1) is 19.6. The van der Waals surface area contributed by atoms with Crippen molar-refractivity contribution >= 4 is 46.2 Å². The van der Waals surface area contributed by atoms with E-state index in [1.807, 2.05) is 132 Å². The molecule has 0 saturated heterocycles. The van der Waals surface area contributed by atoms with Gasteiger partial charge in [0, 0.05) is 34.9 Å². The molecule has 0 aliphatic heterocycles. The molecular formula is C34H37N7. The van der Waals surface area contributed by atoms with Crippen molar-refractivity contribution < 1.29 is 0 Å². The molecule has 0 bridgehead atoms. The summed E-state index contributed by atoms with van der Waals surface area (Å²) in [7, 11) is 0. The van der Waals surface area contributed by atoms with Gasteiger partial charge >= 0.3 is 0 Å². The van der Waals surface area contributed by atoms with Gasteiger partial charge in [-0.2, -0.15) is 4.99 Å². The number of hydrogen-bond donors (Lipinski definition) is 3. The molecule has 4 rings (SSSR count). The van der Waals surface area contributed by atoms with E-state index in [2.05, 4.69) is 9.98 Å². The molecule has 4 aromatic rings. The highest BCUT2D eigenvalue weighted by Crippen LogP contribution is 2.28. The minimum atomic E-state index is -0.000907. The number of aryl methyl sites for hydroxylation is 4. The molecular weight excluding hydrogens is 506 g/mol. The molecule has 0 aromatic heterocycles. The molecule has 4 N–H and O–H groups in total. The lowest BCUT2D eigenvalue weighted by molar-refractivity contribution is 1.22. The van der Waals surface area contributed by atoms with Gasteiger partial charge in [-0.3, -0.25) is 20.6 Å². The van der Waals surface area contributed by atoms with E-state index >= 15 is 0 Å². The molecule has 0 aliphatic rings. The highest BCUT2D eigenvalue weighted by molar-refractivity contribution is 6.14. The third-order valence-corrected chi connectivity index (χ3v) is 6.58. The van der Waals surface area contributed by atoms with E-state index in [0.717, 1.165) is 45.0 Å². The lowest BCUT2D eigenvalue weighted by Crippen LogP contribution is -2.28. The van der Waals surface area contributed by atoms with Crippen LogP contribution in [0.4, 0.5) is 22.7 Å². The van der Waals surface area contributed by atoms with Crippen LogP contribution in [0.5, 0.6) is 0 Å². The first kappa shape index (κ1) is 29.0. The average molecular weight is 544 g/mol. The number of nitrogens with one attached hydrogen (secondary N) is 2. The van der Waals surface area contributed by atoms with E-state index in [4.69, 9.17) is 16.6 Å². The second-order valence-corrected chi connectivity index (χ2v) is 10.3. The molecule has 4 aromatic carbocycles. The molecule has 0 unspecified atom stereocenters. The maximum atomic E-state index is 8.88. The zero-order valence-electron chi connectivity index (χ0n) is 24.3. The van der Waals surface area contributed by atoms with E-state index in [-0.39, 0.29) is 24.2 Å². The Morgan fingerprint density at radius 3 is 1.10 bits per heavy atom. The van der Waals surface area contributed by atoms with Crippen LogP contribution < -0.4 is 15.5 Å². The molecule has 0 radical (unpaired) electrons. The summed E-state index contributed by atoms with van der Waals surface area (Å²) < 4.78 is 0. The Morgan fingerprint density at radius 1 is 0.537 bits per heavy atom. The lowest BCUT2D eigenvalue weighted by Gasteiger charge is -2.24. The summed E-state index contributed by atoms with van der Waals surface area (Å²) in [6.07, 6.45) is 0.218. The smallest absolute Gasteiger partial charge is 0.228 e. The molecule has 208 valence electrons. The van der Waals surface area contributed by atoms with Crippen LogP contribution in [0.1, 0.15) is 35.6 Å². The van der Waals surface area contributed by atoms with Gasteiger partial charge in [0.15, 0.2) is 0 Å². The average Bonchev–Trinajstić information content (AvgIpc) is 2.93. The second kappa shape index (κ2) is 12.9. The molecule has 0 heterocycles. The van der Waals surface area contributed by atoms with Gasteiger partial charge in [0.25, 0.3) is 0 Å². The molecule has 0 saturated carbocycles. The highest BCUT2D eigenvalue weighted by atomic mass is 15.3. The van der Waals surface area contributed by atoms with Crippen molar-refractivity contribution in [2.24, 2.45) is 15.7 Å². The van der Waals surface area contributed by atoms with Crippen LogP contribution in [0, 0.1) is 38.5 Å². The van der Waals surface area contributed by atoms with Gasteiger partial charge in [-0.05, 0) is 83.1 Å². The molecule has 0 atom stereocenters. The number of nitrogens with zero attached hydrogens (tertiary/aromatic N) is 4. The molecule has 7 heteroatoms. The van der Waals surface area contributed by atoms with Crippen molar-refractivity contribution in [2.75, 3.05) is 9.80 Å². The summed E-state index contributed by atoms with van der Waals surface area (Å²) in [5.41, 5.74) is 14.8. The van der Waals surface area contributed by atoms with Crippen molar-refractivity contribution in [3.63, 3.8) is 0 Å². The lowest BCUT2D eigenvalue weighted by atomic mass is 10.1. The monoisotopic (exact) mass is 543 g/mol. The topological polar surface area (TPSA) is 105 Å². The number of rotatable bonds is 6. The first-order valence-electron chi connectivity index (χ1n) is 13.5. The number of nitrogens with two attached hydrogens (primary N) is 1. The van der Waals surface area contributed by atoms with Gasteiger partial charge in [-0.1, -0.05) is 70.8 Å². The van der Waals surface area contributed by atoms with Crippen LogP contribution in [0.15, 0.2) is 107 Å². The zero-order chi connectivity index (χ0) is 29.5. The Hall–Kier alpha value is -5.04. The molecule has 0 spiro atoms. The fraction of sp³-hybridized carbons (Fsp3) is 0.176. The SMILES string of the molecule is CC(CC(N)=NC(=N)N(c1ccc(C)cc1)c1ccc(C)cc1)=NC(=N)N(c1ccc(C)cc1)c1ccc(C)cc1. The number of benzene rings is 4. The normalized spacial score (nSPS) is 11.7. The predicted molar refractivity (Wildman–Crippen MR) is 174 cm³/mol. The summed E-state index contributed by atoms with van der Waals surface area (Å²) in [6.45, 7) is 9.94. The fourth-order valence-corrected chi connectivity index (χ4v) is 4.32. The Labute approximate surface area is 242 Å². The van der Waals surface area contributed by atoms with Crippen LogP contribution in [-0.2, 0) is 0 Å². The van der Waals surface area contributed by atoms with E-state index < -0.39 is 0 Å². The van der Waals surface area contributed by atoms with Crippen LogP contribution in [-0.4, -0.2) is 23.5 Å². The Balaban J connectivity index is 1.58. The van der Waals surface area contributed by atoms with Crippen LogP contribution in [0.3, 0.4) is 0 Å². The summed E-state index contributed by atoms with van der Waals surface area (Å²) in [6, 6.07) is 31.9. The van der Waals surface area contributed by atoms with Crippen molar-refractivity contribution in [1.29, 1.82) is 10.8 Å². The van der Waals surface area contributed by atoms with Gasteiger partial charge < -0.3 is 5.73 Å². The summed E-state index contributed by atoms with van der Waals surface area (Å²) in [5, 5.41) is 17.7. The Morgan fingerprint density at radius 2 is 0.805 bits per heavy atom. The summed E-state index contributed by atoms with van der Waals surface area (Å²) in [4.78, 5) is 12.6. The maximum absolute atomic E-state index is 8.88. The molecule has 41 heavy (non-hydrogen) atoms. The quantitative estimate of drug-likeness (QED) is 0.170. The standard InChI is InChI=1S/C34H37N7/c1-23-6-14-28(15-7-23)40(29-16-8-24(2)9-17-29)33(36)38-27(5)22-32(35)39-34(37)41(30-18-10-25(3)11-19-30)31-20-12-26(4)13-21-31/h6-21,36H,22H2,1-5H3,(H3,35,37,39). The van der Waals surface area contributed by atoms with Crippen molar-refractivity contribution in [2.45, 2.75) is 41.0 Å². The Kier molecular flexibility index (Phi) is 9.09. The minimum Gasteiger partial charge on any atom is -0.387 e. The van der Waals surface area contributed by atoms with Gasteiger partial charge in [0.2, 0.25) is 11.9 Å². The van der Waals surface area contributed by atoms with Gasteiger partial charge in [0.05, 0.1) is 0 Å². The number of anilines is 4. The molecule has 0 fully saturated rings. The van der Waals surface area contributed by atoms with Crippen LogP contribution in [0.2, 0.25) is 0 Å². The maximum Gasteiger partial charge on any atom is 0.228 e. The van der Waals surface area contributed by atoms with Crippen molar-refractivity contribution in [3.8, 4) is 0 Å². The van der Waals surface area contributed by atoms with Gasteiger partial charge in [-0.15, -0.1) is 0 Å².